The number of carbonyl (C=O) groups is 1. The number of hydrogen-bond acceptors (Lipinski definition) is 3. The van der Waals surface area contributed by atoms with Crippen molar-refractivity contribution in [1.82, 2.24) is 10.2 Å². The second-order valence-corrected chi connectivity index (χ2v) is 6.26. The average molecular weight is 417 g/mol. The van der Waals surface area contributed by atoms with Gasteiger partial charge in [0.05, 0.1) is 12.6 Å². The van der Waals surface area contributed by atoms with Gasteiger partial charge in [0.2, 0.25) is 0 Å². The number of nitrogens with one attached hydrogen (secondary N) is 2. The van der Waals surface area contributed by atoms with Gasteiger partial charge in [0, 0.05) is 22.2 Å². The van der Waals surface area contributed by atoms with Gasteiger partial charge in [0.15, 0.2) is 0 Å². The van der Waals surface area contributed by atoms with E-state index in [0.717, 1.165) is 37.2 Å². The minimum absolute atomic E-state index is 0.104. The molecule has 0 spiro atoms. The van der Waals surface area contributed by atoms with Crippen LogP contribution in [0.1, 0.15) is 11.1 Å². The molecule has 23 heavy (non-hydrogen) atoms. The van der Waals surface area contributed by atoms with Gasteiger partial charge in [0.1, 0.15) is 9.45 Å². The monoisotopic (exact) mass is 417 g/mol. The van der Waals surface area contributed by atoms with E-state index >= 15 is 0 Å². The summed E-state index contributed by atoms with van der Waals surface area (Å²) in [6.45, 7) is 0. The number of aromatic nitrogens is 2. The van der Waals surface area contributed by atoms with Crippen molar-refractivity contribution in [3.8, 4) is 5.75 Å². The van der Waals surface area contributed by atoms with Gasteiger partial charge in [-0.15, -0.1) is 0 Å². The Bertz CT molecular complexity index is 975. The molecule has 1 amide bonds. The summed E-state index contributed by atoms with van der Waals surface area (Å²) in [5.74, 6) is 0.622. The van der Waals surface area contributed by atoms with Gasteiger partial charge in [-0.25, -0.2) is 0 Å². The van der Waals surface area contributed by atoms with Crippen LogP contribution in [0.3, 0.4) is 0 Å². The van der Waals surface area contributed by atoms with E-state index in [-0.39, 0.29) is 5.91 Å². The summed E-state index contributed by atoms with van der Waals surface area (Å²) in [4.78, 5) is 12.3. The topological polar surface area (TPSA) is 67.0 Å². The minimum Gasteiger partial charge on any atom is -0.497 e. The molecule has 0 aliphatic carbocycles. The van der Waals surface area contributed by atoms with Crippen LogP contribution < -0.4 is 10.1 Å². The zero-order chi connectivity index (χ0) is 16.0. The van der Waals surface area contributed by atoms with E-state index in [1.54, 1.807) is 7.11 Å². The van der Waals surface area contributed by atoms with Gasteiger partial charge in [-0.2, -0.15) is 5.10 Å². The predicted octanol–water partition coefficient (Wildman–Crippen LogP) is 3.67. The van der Waals surface area contributed by atoms with Gasteiger partial charge in [-0.3, -0.25) is 9.89 Å². The number of ether oxygens (including phenoxy) is 1. The van der Waals surface area contributed by atoms with Crippen molar-refractivity contribution in [1.29, 1.82) is 0 Å². The molecule has 4 rings (SSSR count). The Hall–Kier alpha value is -2.35. The number of anilines is 1. The number of fused-ring (bicyclic) bond motifs is 2. The van der Waals surface area contributed by atoms with E-state index in [0.29, 0.717) is 5.57 Å². The van der Waals surface area contributed by atoms with E-state index in [4.69, 9.17) is 4.74 Å². The number of hydrogen-bond donors (Lipinski definition) is 2. The lowest BCUT2D eigenvalue weighted by molar-refractivity contribution is -0.110. The summed E-state index contributed by atoms with van der Waals surface area (Å²) in [5, 5.41) is 11.1. The second-order valence-electron chi connectivity index (χ2n) is 5.24. The van der Waals surface area contributed by atoms with Gasteiger partial charge in [-0.1, -0.05) is 6.07 Å². The highest BCUT2D eigenvalue weighted by atomic mass is 127. The Morgan fingerprint density at radius 2 is 2.09 bits per heavy atom. The molecule has 3 aromatic rings. The van der Waals surface area contributed by atoms with E-state index in [2.05, 4.69) is 38.1 Å². The van der Waals surface area contributed by atoms with Crippen molar-refractivity contribution < 1.29 is 9.53 Å². The minimum atomic E-state index is -0.104. The van der Waals surface area contributed by atoms with Gasteiger partial charge in [-0.05, 0) is 64.6 Å². The van der Waals surface area contributed by atoms with Gasteiger partial charge in [0.25, 0.3) is 5.91 Å². The Balaban J connectivity index is 1.82. The van der Waals surface area contributed by atoms with Crippen LogP contribution in [0, 0.1) is 3.70 Å². The molecule has 1 aliphatic heterocycles. The normalized spacial score (nSPS) is 15.0. The molecule has 2 N–H and O–H groups in total. The van der Waals surface area contributed by atoms with Crippen molar-refractivity contribution >= 4 is 56.7 Å². The third kappa shape index (κ3) is 2.39. The largest absolute Gasteiger partial charge is 0.497 e. The highest BCUT2D eigenvalue weighted by Gasteiger charge is 2.24. The Morgan fingerprint density at radius 1 is 1.22 bits per heavy atom. The van der Waals surface area contributed by atoms with Crippen LogP contribution in [0.2, 0.25) is 0 Å². The molecule has 2 heterocycles. The first-order valence-corrected chi connectivity index (χ1v) is 8.08. The number of methoxy groups -OCH3 is 1. The number of rotatable bonds is 2. The molecule has 0 fully saturated rings. The second kappa shape index (κ2) is 5.38. The van der Waals surface area contributed by atoms with Crippen LogP contribution in [0.4, 0.5) is 5.69 Å². The maximum atomic E-state index is 12.3. The zero-order valence-corrected chi connectivity index (χ0v) is 14.3. The first kappa shape index (κ1) is 14.3. The van der Waals surface area contributed by atoms with Gasteiger partial charge >= 0.3 is 0 Å². The summed E-state index contributed by atoms with van der Waals surface area (Å²) in [6, 6.07) is 11.5. The van der Waals surface area contributed by atoms with Crippen LogP contribution in [0.15, 0.2) is 36.4 Å². The van der Waals surface area contributed by atoms with Crippen molar-refractivity contribution in [3.63, 3.8) is 0 Å². The van der Waals surface area contributed by atoms with E-state index in [9.17, 15) is 4.79 Å². The molecule has 0 unspecified atom stereocenters. The summed E-state index contributed by atoms with van der Waals surface area (Å²) in [5.41, 5.74) is 4.19. The van der Waals surface area contributed by atoms with Crippen LogP contribution in [-0.2, 0) is 4.79 Å². The smallest absolute Gasteiger partial charge is 0.256 e. The number of H-pyrrole nitrogens is 1. The first-order valence-electron chi connectivity index (χ1n) is 7.01. The van der Waals surface area contributed by atoms with Crippen molar-refractivity contribution in [2.45, 2.75) is 0 Å². The van der Waals surface area contributed by atoms with Gasteiger partial charge < -0.3 is 10.1 Å². The number of halogens is 1. The summed E-state index contributed by atoms with van der Waals surface area (Å²) >= 11 is 2.19. The molecule has 2 aromatic carbocycles. The number of aromatic amines is 1. The lowest BCUT2D eigenvalue weighted by Crippen LogP contribution is -2.03. The molecule has 6 heteroatoms. The highest BCUT2D eigenvalue weighted by Crippen LogP contribution is 2.35. The molecule has 0 saturated heterocycles. The lowest BCUT2D eigenvalue weighted by Gasteiger charge is -2.03. The lowest BCUT2D eigenvalue weighted by atomic mass is 10.0. The molecule has 114 valence electrons. The van der Waals surface area contributed by atoms with Crippen LogP contribution in [0.25, 0.3) is 22.6 Å². The molecular weight excluding hydrogens is 405 g/mol. The van der Waals surface area contributed by atoms with Crippen LogP contribution in [0.5, 0.6) is 5.75 Å². The third-order valence-corrected chi connectivity index (χ3v) is 4.68. The molecule has 0 bridgehead atoms. The van der Waals surface area contributed by atoms with Crippen molar-refractivity contribution in [2.75, 3.05) is 12.4 Å². The summed E-state index contributed by atoms with van der Waals surface area (Å²) in [6.07, 6.45) is 1.88. The van der Waals surface area contributed by atoms with E-state index in [1.807, 2.05) is 42.5 Å². The molecule has 1 aromatic heterocycles. The molecular formula is C17H12IN3O2. The molecule has 5 nitrogen and oxygen atoms in total. The Morgan fingerprint density at radius 3 is 2.91 bits per heavy atom. The standard InChI is InChI=1S/C17H12IN3O2/c1-23-10-3-5-14-12(8-10)13(17(22)19-14)6-9-2-4-11-15(7-9)20-21-16(11)18/h2-8H,1H3,(H,19,22)(H,20,21)/b13-6+. The van der Waals surface area contributed by atoms with E-state index < -0.39 is 0 Å². The van der Waals surface area contributed by atoms with Crippen LogP contribution in [-0.4, -0.2) is 23.2 Å². The maximum Gasteiger partial charge on any atom is 0.256 e. The van der Waals surface area contributed by atoms with Crippen molar-refractivity contribution in [2.24, 2.45) is 0 Å². The molecule has 0 atom stereocenters. The predicted molar refractivity (Wildman–Crippen MR) is 98.3 cm³/mol. The summed E-state index contributed by atoms with van der Waals surface area (Å²) < 4.78 is 6.19. The fourth-order valence-corrected chi connectivity index (χ4v) is 3.29. The Labute approximate surface area is 145 Å². The third-order valence-electron chi connectivity index (χ3n) is 3.86. The number of benzene rings is 2. The molecule has 0 saturated carbocycles. The summed E-state index contributed by atoms with van der Waals surface area (Å²) in [7, 11) is 1.61. The first-order chi connectivity index (χ1) is 11.2. The fourth-order valence-electron chi connectivity index (χ4n) is 2.70. The number of nitrogens with zero attached hydrogens (tertiary/aromatic N) is 1. The quantitative estimate of drug-likeness (QED) is 0.494. The molecule has 1 aliphatic rings. The SMILES string of the molecule is COc1ccc2c(c1)/C(=C\c1ccc3c(I)n[nH]c3c1)C(=O)N2. The number of carbonyl (C=O) groups excluding carboxylic acids is 1. The van der Waals surface area contributed by atoms with Crippen molar-refractivity contribution in [3.05, 3.63) is 51.2 Å². The van der Waals surface area contributed by atoms with E-state index in [1.165, 1.54) is 0 Å². The Kier molecular flexibility index (Phi) is 3.33. The van der Waals surface area contributed by atoms with Crippen LogP contribution >= 0.6 is 22.6 Å². The maximum absolute atomic E-state index is 12.3. The zero-order valence-electron chi connectivity index (χ0n) is 12.2. The number of amides is 1. The fraction of sp³-hybridized carbons (Fsp3) is 0.0588. The molecule has 0 radical (unpaired) electrons. The highest BCUT2D eigenvalue weighted by molar-refractivity contribution is 14.1. The average Bonchev–Trinajstić information content (AvgIpc) is 3.08.